The molecule has 0 heterocycles. The zero-order valence-electron chi connectivity index (χ0n) is 12.1. The molecule has 0 bridgehead atoms. The minimum Gasteiger partial charge on any atom is -0.0622 e. The van der Waals surface area contributed by atoms with E-state index >= 15 is 0 Å². The van der Waals surface area contributed by atoms with E-state index in [1.807, 2.05) is 0 Å². The molecule has 1 aliphatic carbocycles. The fourth-order valence-corrected chi connectivity index (χ4v) is 3.00. The monoisotopic (exact) mass is 260 g/mol. The smallest absolute Gasteiger partial charge is 0.0118 e. The second-order valence-corrected chi connectivity index (χ2v) is 5.55. The standard InChI is InChI=1S/C20H20/c1-15-16(2)20(18-11-7-4-8-12-18)14-13-19(15)17-9-5-3-6-10-17/h3-16H,1-2H3/t15-,16-/m0/s1. The van der Waals surface area contributed by atoms with Crippen molar-refractivity contribution in [1.29, 1.82) is 0 Å². The predicted molar refractivity (Wildman–Crippen MR) is 87.2 cm³/mol. The quantitative estimate of drug-likeness (QED) is 0.674. The summed E-state index contributed by atoms with van der Waals surface area (Å²) in [6.07, 6.45) is 4.59. The summed E-state index contributed by atoms with van der Waals surface area (Å²) in [5.41, 5.74) is 5.57. The van der Waals surface area contributed by atoms with E-state index in [4.69, 9.17) is 0 Å². The van der Waals surface area contributed by atoms with Crippen LogP contribution >= 0.6 is 0 Å². The van der Waals surface area contributed by atoms with E-state index in [2.05, 4.69) is 86.7 Å². The zero-order chi connectivity index (χ0) is 13.9. The molecule has 1 aliphatic rings. The lowest BCUT2D eigenvalue weighted by molar-refractivity contribution is 0.585. The van der Waals surface area contributed by atoms with Gasteiger partial charge in [-0.1, -0.05) is 86.7 Å². The Bertz CT molecular complexity index is 573. The van der Waals surface area contributed by atoms with Gasteiger partial charge in [0.1, 0.15) is 0 Å². The first-order valence-corrected chi connectivity index (χ1v) is 7.30. The highest BCUT2D eigenvalue weighted by molar-refractivity contribution is 5.80. The molecule has 2 aromatic carbocycles. The average Bonchev–Trinajstić information content (AvgIpc) is 2.52. The Morgan fingerprint density at radius 3 is 1.25 bits per heavy atom. The van der Waals surface area contributed by atoms with Crippen LogP contribution in [0.4, 0.5) is 0 Å². The van der Waals surface area contributed by atoms with Crippen molar-refractivity contribution in [3.63, 3.8) is 0 Å². The van der Waals surface area contributed by atoms with Crippen molar-refractivity contribution < 1.29 is 0 Å². The predicted octanol–water partition coefficient (Wildman–Crippen LogP) is 5.44. The highest BCUT2D eigenvalue weighted by atomic mass is 14.3. The van der Waals surface area contributed by atoms with Gasteiger partial charge in [0, 0.05) is 0 Å². The highest BCUT2D eigenvalue weighted by Gasteiger charge is 2.24. The molecule has 0 heteroatoms. The van der Waals surface area contributed by atoms with E-state index in [1.165, 1.54) is 22.3 Å². The first kappa shape index (κ1) is 12.9. The lowest BCUT2D eigenvalue weighted by Gasteiger charge is -2.29. The molecule has 2 atom stereocenters. The molecule has 0 saturated heterocycles. The van der Waals surface area contributed by atoms with Gasteiger partial charge in [-0.25, -0.2) is 0 Å². The van der Waals surface area contributed by atoms with E-state index in [-0.39, 0.29) is 0 Å². The lowest BCUT2D eigenvalue weighted by atomic mass is 9.75. The van der Waals surface area contributed by atoms with Crippen LogP contribution in [0.25, 0.3) is 11.1 Å². The number of hydrogen-bond acceptors (Lipinski definition) is 0. The van der Waals surface area contributed by atoms with Gasteiger partial charge in [-0.2, -0.15) is 0 Å². The van der Waals surface area contributed by atoms with Gasteiger partial charge in [0.2, 0.25) is 0 Å². The fourth-order valence-electron chi connectivity index (χ4n) is 3.00. The average molecular weight is 260 g/mol. The van der Waals surface area contributed by atoms with Crippen molar-refractivity contribution in [2.24, 2.45) is 11.8 Å². The lowest BCUT2D eigenvalue weighted by Crippen LogP contribution is -2.15. The van der Waals surface area contributed by atoms with Crippen molar-refractivity contribution in [3.8, 4) is 0 Å². The molecule has 0 amide bonds. The molecule has 0 saturated carbocycles. The second-order valence-electron chi connectivity index (χ2n) is 5.55. The zero-order valence-corrected chi connectivity index (χ0v) is 12.1. The van der Waals surface area contributed by atoms with Crippen molar-refractivity contribution >= 4 is 11.1 Å². The van der Waals surface area contributed by atoms with E-state index in [9.17, 15) is 0 Å². The van der Waals surface area contributed by atoms with Gasteiger partial charge in [-0.3, -0.25) is 0 Å². The third-order valence-electron chi connectivity index (χ3n) is 4.39. The molecular formula is C20H20. The third kappa shape index (κ3) is 2.34. The van der Waals surface area contributed by atoms with Gasteiger partial charge < -0.3 is 0 Å². The summed E-state index contributed by atoms with van der Waals surface area (Å²) in [5.74, 6) is 1.08. The van der Waals surface area contributed by atoms with Crippen LogP contribution in [-0.4, -0.2) is 0 Å². The molecule has 0 unspecified atom stereocenters. The Labute approximate surface area is 121 Å². The molecule has 0 fully saturated rings. The van der Waals surface area contributed by atoms with Crippen molar-refractivity contribution in [3.05, 3.63) is 83.9 Å². The van der Waals surface area contributed by atoms with Crippen molar-refractivity contribution in [2.45, 2.75) is 13.8 Å². The van der Waals surface area contributed by atoms with Crippen LogP contribution < -0.4 is 0 Å². The first-order valence-electron chi connectivity index (χ1n) is 7.30. The van der Waals surface area contributed by atoms with Crippen LogP contribution in [0.3, 0.4) is 0 Å². The molecule has 0 radical (unpaired) electrons. The van der Waals surface area contributed by atoms with Gasteiger partial charge in [0.15, 0.2) is 0 Å². The van der Waals surface area contributed by atoms with Crippen LogP contribution in [0.15, 0.2) is 72.8 Å². The molecule has 0 N–H and O–H groups in total. The number of hydrogen-bond donors (Lipinski definition) is 0. The summed E-state index contributed by atoms with van der Waals surface area (Å²) in [5, 5.41) is 0. The summed E-state index contributed by atoms with van der Waals surface area (Å²) in [7, 11) is 0. The molecule has 0 spiro atoms. The topological polar surface area (TPSA) is 0 Å². The third-order valence-corrected chi connectivity index (χ3v) is 4.39. The minimum atomic E-state index is 0.539. The van der Waals surface area contributed by atoms with E-state index < -0.39 is 0 Å². The van der Waals surface area contributed by atoms with E-state index in [0.29, 0.717) is 11.8 Å². The maximum absolute atomic E-state index is 2.33. The normalized spacial score (nSPS) is 22.1. The molecule has 100 valence electrons. The highest BCUT2D eigenvalue weighted by Crippen LogP contribution is 2.40. The summed E-state index contributed by atoms with van der Waals surface area (Å²) in [4.78, 5) is 0. The number of allylic oxidation sites excluding steroid dienone is 4. The molecule has 0 nitrogen and oxygen atoms in total. The van der Waals surface area contributed by atoms with E-state index in [0.717, 1.165) is 0 Å². The molecule has 2 aromatic rings. The van der Waals surface area contributed by atoms with Crippen LogP contribution in [-0.2, 0) is 0 Å². The van der Waals surface area contributed by atoms with Crippen molar-refractivity contribution in [1.82, 2.24) is 0 Å². The molecular weight excluding hydrogens is 240 g/mol. The maximum atomic E-state index is 2.33. The van der Waals surface area contributed by atoms with Crippen LogP contribution in [0, 0.1) is 11.8 Å². The Balaban J connectivity index is 2.01. The summed E-state index contributed by atoms with van der Waals surface area (Å²) in [6.45, 7) is 4.67. The summed E-state index contributed by atoms with van der Waals surface area (Å²) < 4.78 is 0. The molecule has 3 rings (SSSR count). The van der Waals surface area contributed by atoms with E-state index in [1.54, 1.807) is 0 Å². The van der Waals surface area contributed by atoms with Crippen LogP contribution in [0.5, 0.6) is 0 Å². The summed E-state index contributed by atoms with van der Waals surface area (Å²) in [6, 6.07) is 21.4. The largest absolute Gasteiger partial charge is 0.0622 e. The molecule has 20 heavy (non-hydrogen) atoms. The van der Waals surface area contributed by atoms with Crippen molar-refractivity contribution in [2.75, 3.05) is 0 Å². The first-order chi connectivity index (χ1) is 9.77. The minimum absolute atomic E-state index is 0.539. The molecule has 0 aromatic heterocycles. The van der Waals surface area contributed by atoms with Crippen LogP contribution in [0.1, 0.15) is 25.0 Å². The van der Waals surface area contributed by atoms with Gasteiger partial charge in [-0.15, -0.1) is 0 Å². The number of benzene rings is 2. The Morgan fingerprint density at radius 1 is 0.550 bits per heavy atom. The SMILES string of the molecule is C[C@@H]1C(c2ccccc2)=CC=C(c2ccccc2)[C@H]1C. The molecule has 0 aliphatic heterocycles. The van der Waals surface area contributed by atoms with Gasteiger partial charge in [-0.05, 0) is 34.1 Å². The second kappa shape index (κ2) is 5.50. The van der Waals surface area contributed by atoms with Crippen LogP contribution in [0.2, 0.25) is 0 Å². The maximum Gasteiger partial charge on any atom is -0.0118 e. The van der Waals surface area contributed by atoms with Gasteiger partial charge in [0.05, 0.1) is 0 Å². The number of rotatable bonds is 2. The Morgan fingerprint density at radius 2 is 0.900 bits per heavy atom. The Hall–Kier alpha value is -2.08. The Kier molecular flexibility index (Phi) is 3.56. The van der Waals surface area contributed by atoms with Gasteiger partial charge >= 0.3 is 0 Å². The van der Waals surface area contributed by atoms with Gasteiger partial charge in [0.25, 0.3) is 0 Å². The fraction of sp³-hybridized carbons (Fsp3) is 0.200. The summed E-state index contributed by atoms with van der Waals surface area (Å²) >= 11 is 0.